The molecule has 1 aromatic carbocycles. The summed E-state index contributed by atoms with van der Waals surface area (Å²) in [6.45, 7) is 0.874. The van der Waals surface area contributed by atoms with E-state index >= 15 is 0 Å². The molecule has 0 saturated carbocycles. The number of thiazole rings is 1. The molecule has 2 amide bonds. The van der Waals surface area contributed by atoms with Crippen LogP contribution in [0.2, 0.25) is 0 Å². The Labute approximate surface area is 145 Å². The molecule has 1 aliphatic heterocycles. The predicted octanol–water partition coefficient (Wildman–Crippen LogP) is 2.05. The van der Waals surface area contributed by atoms with Crippen LogP contribution in [0.4, 0.5) is 11.5 Å². The third-order valence-corrected chi connectivity index (χ3v) is 4.98. The van der Waals surface area contributed by atoms with E-state index in [9.17, 15) is 9.59 Å². The van der Waals surface area contributed by atoms with E-state index in [0.717, 1.165) is 35.8 Å². The van der Waals surface area contributed by atoms with Crippen LogP contribution in [0.15, 0.2) is 30.3 Å². The number of aromatic nitrogens is 1. The lowest BCUT2D eigenvalue weighted by molar-refractivity contribution is -0.127. The number of amides is 2. The van der Waals surface area contributed by atoms with Gasteiger partial charge < -0.3 is 15.1 Å². The lowest BCUT2D eigenvalue weighted by Gasteiger charge is -2.27. The van der Waals surface area contributed by atoms with E-state index in [4.69, 9.17) is 0 Å². The number of benzene rings is 1. The molecule has 24 heavy (non-hydrogen) atoms. The van der Waals surface area contributed by atoms with Gasteiger partial charge in [-0.25, -0.2) is 4.98 Å². The average molecular weight is 344 g/mol. The standard InChI is InChI=1S/C17H20N4O2S/c1-20(2)14(22)11-18-16(23)17-19-15-13(24-17)9-6-10-21(15)12-7-4-3-5-8-12/h3-5,7-8H,6,9-11H2,1-2H3,(H,18,23). The molecule has 1 aliphatic rings. The number of hydrogen-bond donors (Lipinski definition) is 1. The highest BCUT2D eigenvalue weighted by molar-refractivity contribution is 7.14. The number of carbonyl (C=O) groups is 2. The van der Waals surface area contributed by atoms with E-state index in [1.165, 1.54) is 16.2 Å². The summed E-state index contributed by atoms with van der Waals surface area (Å²) >= 11 is 1.41. The van der Waals surface area contributed by atoms with Crippen molar-refractivity contribution in [2.45, 2.75) is 12.8 Å². The zero-order valence-electron chi connectivity index (χ0n) is 13.8. The van der Waals surface area contributed by atoms with Crippen LogP contribution in [0, 0.1) is 0 Å². The zero-order valence-corrected chi connectivity index (χ0v) is 14.6. The van der Waals surface area contributed by atoms with Crippen LogP contribution in [0.1, 0.15) is 21.1 Å². The van der Waals surface area contributed by atoms with Crippen LogP contribution in [-0.2, 0) is 11.2 Å². The van der Waals surface area contributed by atoms with E-state index < -0.39 is 0 Å². The van der Waals surface area contributed by atoms with Crippen molar-refractivity contribution in [3.63, 3.8) is 0 Å². The summed E-state index contributed by atoms with van der Waals surface area (Å²) in [6.07, 6.45) is 1.96. The van der Waals surface area contributed by atoms with Gasteiger partial charge in [0, 0.05) is 31.2 Å². The molecule has 0 radical (unpaired) electrons. The number of nitrogens with zero attached hydrogens (tertiary/aromatic N) is 3. The lowest BCUT2D eigenvalue weighted by atomic mass is 10.1. The van der Waals surface area contributed by atoms with Gasteiger partial charge in [0.2, 0.25) is 5.91 Å². The van der Waals surface area contributed by atoms with Crippen LogP contribution in [-0.4, -0.2) is 48.9 Å². The minimum atomic E-state index is -0.294. The van der Waals surface area contributed by atoms with Gasteiger partial charge in [-0.3, -0.25) is 9.59 Å². The molecule has 0 spiro atoms. The predicted molar refractivity (Wildman–Crippen MR) is 94.9 cm³/mol. The quantitative estimate of drug-likeness (QED) is 0.922. The molecule has 0 unspecified atom stereocenters. The van der Waals surface area contributed by atoms with Gasteiger partial charge in [-0.15, -0.1) is 11.3 Å². The highest BCUT2D eigenvalue weighted by Crippen LogP contribution is 2.36. The summed E-state index contributed by atoms with van der Waals surface area (Å²) in [5, 5.41) is 3.05. The first-order valence-electron chi connectivity index (χ1n) is 7.87. The second kappa shape index (κ2) is 7.00. The maximum absolute atomic E-state index is 12.3. The number of para-hydroxylation sites is 1. The Morgan fingerprint density at radius 2 is 2.04 bits per heavy atom. The average Bonchev–Trinajstić information content (AvgIpc) is 3.04. The lowest BCUT2D eigenvalue weighted by Crippen LogP contribution is -2.36. The number of nitrogens with one attached hydrogen (secondary N) is 1. The largest absolute Gasteiger partial charge is 0.347 e. The molecular formula is C17H20N4O2S. The molecule has 3 rings (SSSR count). The molecule has 6 nitrogen and oxygen atoms in total. The first-order chi connectivity index (χ1) is 11.6. The monoisotopic (exact) mass is 344 g/mol. The summed E-state index contributed by atoms with van der Waals surface area (Å²) in [6, 6.07) is 10.1. The van der Waals surface area contributed by atoms with Crippen molar-refractivity contribution in [3.8, 4) is 0 Å². The van der Waals surface area contributed by atoms with E-state index in [-0.39, 0.29) is 18.4 Å². The third-order valence-electron chi connectivity index (χ3n) is 3.88. The smallest absolute Gasteiger partial charge is 0.280 e. The number of anilines is 2. The molecule has 1 N–H and O–H groups in total. The van der Waals surface area contributed by atoms with Crippen LogP contribution < -0.4 is 10.2 Å². The van der Waals surface area contributed by atoms with Gasteiger partial charge in [0.15, 0.2) is 5.01 Å². The minimum Gasteiger partial charge on any atom is -0.347 e. The van der Waals surface area contributed by atoms with Crippen LogP contribution in [0.5, 0.6) is 0 Å². The summed E-state index contributed by atoms with van der Waals surface area (Å²) in [5.41, 5.74) is 1.08. The van der Waals surface area contributed by atoms with Crippen molar-refractivity contribution in [3.05, 3.63) is 40.2 Å². The van der Waals surface area contributed by atoms with Crippen LogP contribution in [0.3, 0.4) is 0 Å². The molecule has 0 saturated heterocycles. The Morgan fingerprint density at radius 3 is 2.75 bits per heavy atom. The Balaban J connectivity index is 1.78. The van der Waals surface area contributed by atoms with E-state index in [0.29, 0.717) is 5.01 Å². The number of rotatable bonds is 4. The number of hydrogen-bond acceptors (Lipinski definition) is 5. The maximum Gasteiger partial charge on any atom is 0.280 e. The van der Waals surface area contributed by atoms with Crippen molar-refractivity contribution >= 4 is 34.7 Å². The first-order valence-corrected chi connectivity index (χ1v) is 8.68. The maximum atomic E-state index is 12.3. The molecule has 0 aliphatic carbocycles. The van der Waals surface area contributed by atoms with Crippen LogP contribution >= 0.6 is 11.3 Å². The summed E-state index contributed by atoms with van der Waals surface area (Å²) < 4.78 is 0. The van der Waals surface area contributed by atoms with Crippen LogP contribution in [0.25, 0.3) is 0 Å². The molecule has 0 fully saturated rings. The molecule has 126 valence electrons. The topological polar surface area (TPSA) is 65.5 Å². The highest BCUT2D eigenvalue weighted by atomic mass is 32.1. The van der Waals surface area contributed by atoms with E-state index in [1.54, 1.807) is 14.1 Å². The molecule has 0 bridgehead atoms. The normalized spacial score (nSPS) is 13.3. The summed E-state index contributed by atoms with van der Waals surface area (Å²) in [4.78, 5) is 33.1. The van der Waals surface area contributed by atoms with Gasteiger partial charge in [-0.05, 0) is 25.0 Å². The van der Waals surface area contributed by atoms with Gasteiger partial charge in [-0.1, -0.05) is 18.2 Å². The fourth-order valence-electron chi connectivity index (χ4n) is 2.57. The van der Waals surface area contributed by atoms with Crippen molar-refractivity contribution in [2.75, 3.05) is 32.1 Å². The van der Waals surface area contributed by atoms with Gasteiger partial charge in [0.1, 0.15) is 5.82 Å². The molecule has 0 atom stereocenters. The molecule has 7 heteroatoms. The zero-order chi connectivity index (χ0) is 17.1. The van der Waals surface area contributed by atoms with Gasteiger partial charge in [0.05, 0.1) is 6.54 Å². The molecule has 2 aromatic rings. The number of aryl methyl sites for hydroxylation is 1. The Hall–Kier alpha value is -2.41. The summed E-state index contributed by atoms with van der Waals surface area (Å²) in [7, 11) is 3.32. The molecule has 2 heterocycles. The fourth-order valence-corrected chi connectivity index (χ4v) is 3.59. The summed E-state index contributed by atoms with van der Waals surface area (Å²) in [5.74, 6) is 0.426. The second-order valence-corrected chi connectivity index (χ2v) is 6.91. The van der Waals surface area contributed by atoms with Gasteiger partial charge >= 0.3 is 0 Å². The Kier molecular flexibility index (Phi) is 4.80. The number of likely N-dealkylation sites (N-methyl/N-ethyl adjacent to an activating group) is 1. The molecular weight excluding hydrogens is 324 g/mol. The van der Waals surface area contributed by atoms with E-state index in [1.807, 2.05) is 30.3 Å². The Morgan fingerprint density at radius 1 is 1.29 bits per heavy atom. The van der Waals surface area contributed by atoms with Crippen molar-refractivity contribution < 1.29 is 9.59 Å². The fraction of sp³-hybridized carbons (Fsp3) is 0.353. The van der Waals surface area contributed by atoms with Crippen molar-refractivity contribution in [1.82, 2.24) is 15.2 Å². The first kappa shape index (κ1) is 16.4. The van der Waals surface area contributed by atoms with Gasteiger partial charge in [-0.2, -0.15) is 0 Å². The SMILES string of the molecule is CN(C)C(=O)CNC(=O)c1nc2c(s1)CCCN2c1ccccc1. The van der Waals surface area contributed by atoms with Gasteiger partial charge in [0.25, 0.3) is 5.91 Å². The third kappa shape index (κ3) is 3.41. The van der Waals surface area contributed by atoms with Crippen molar-refractivity contribution in [1.29, 1.82) is 0 Å². The number of fused-ring (bicyclic) bond motifs is 1. The van der Waals surface area contributed by atoms with E-state index in [2.05, 4.69) is 15.2 Å². The van der Waals surface area contributed by atoms with Crippen molar-refractivity contribution in [2.24, 2.45) is 0 Å². The Bertz CT molecular complexity index is 742. The second-order valence-electron chi connectivity index (χ2n) is 5.83. The molecule has 1 aromatic heterocycles. The number of carbonyl (C=O) groups excluding carboxylic acids is 2. The highest BCUT2D eigenvalue weighted by Gasteiger charge is 2.25. The minimum absolute atomic E-state index is 0.0154.